The smallest absolute Gasteiger partial charge is 0.262 e. The lowest BCUT2D eigenvalue weighted by atomic mass is 10.2. The number of anilines is 1. The Kier molecular flexibility index (Phi) is 5.01. The third-order valence-corrected chi connectivity index (χ3v) is 5.99. The molecule has 1 aromatic carbocycles. The van der Waals surface area contributed by atoms with Crippen molar-refractivity contribution in [2.75, 3.05) is 5.32 Å². The summed E-state index contributed by atoms with van der Waals surface area (Å²) >= 11 is 7.68. The van der Waals surface area contributed by atoms with Gasteiger partial charge in [-0.2, -0.15) is 10.2 Å². The van der Waals surface area contributed by atoms with Gasteiger partial charge in [-0.25, -0.2) is 9.50 Å². The number of aromatic nitrogens is 5. The topological polar surface area (TPSA) is 77.1 Å². The molecule has 1 N–H and O–H groups in total. The summed E-state index contributed by atoms with van der Waals surface area (Å²) in [5, 5.41) is 14.4. The van der Waals surface area contributed by atoms with Gasteiger partial charge in [0.05, 0.1) is 23.3 Å². The molecule has 9 heteroatoms. The van der Waals surface area contributed by atoms with Gasteiger partial charge in [0.1, 0.15) is 5.56 Å². The average molecular weight is 449 g/mol. The highest BCUT2D eigenvalue weighted by atomic mass is 35.5. The predicted octanol–water partition coefficient (Wildman–Crippen LogP) is 4.92. The molecular formula is C22H17ClN6OS. The average Bonchev–Trinajstić information content (AvgIpc) is 3.48. The van der Waals surface area contributed by atoms with Crippen molar-refractivity contribution < 1.29 is 4.79 Å². The number of nitrogens with zero attached hydrogens (tertiary/aromatic N) is 5. The molecule has 5 aromatic rings. The maximum Gasteiger partial charge on any atom is 0.262 e. The van der Waals surface area contributed by atoms with Crippen LogP contribution in [0.15, 0.2) is 66.3 Å². The molecule has 7 nitrogen and oxygen atoms in total. The Bertz CT molecular complexity index is 1390. The van der Waals surface area contributed by atoms with Crippen LogP contribution < -0.4 is 5.32 Å². The van der Waals surface area contributed by atoms with Gasteiger partial charge < -0.3 is 5.32 Å². The lowest BCUT2D eigenvalue weighted by molar-refractivity contribution is 0.102. The molecular weight excluding hydrogens is 432 g/mol. The van der Waals surface area contributed by atoms with Crippen LogP contribution in [0.25, 0.3) is 16.2 Å². The number of hydrogen-bond donors (Lipinski definition) is 1. The molecule has 0 bridgehead atoms. The third-order valence-electron chi connectivity index (χ3n) is 4.86. The van der Waals surface area contributed by atoms with Gasteiger partial charge in [-0.3, -0.25) is 9.48 Å². The highest BCUT2D eigenvalue weighted by Crippen LogP contribution is 2.25. The van der Waals surface area contributed by atoms with Gasteiger partial charge in [0.15, 0.2) is 11.5 Å². The van der Waals surface area contributed by atoms with E-state index in [0.29, 0.717) is 28.6 Å². The van der Waals surface area contributed by atoms with Gasteiger partial charge in [-0.1, -0.05) is 29.8 Å². The van der Waals surface area contributed by atoms with E-state index in [4.69, 9.17) is 11.6 Å². The van der Waals surface area contributed by atoms with Crippen LogP contribution in [0, 0.1) is 6.92 Å². The van der Waals surface area contributed by atoms with Crippen molar-refractivity contribution in [2.24, 2.45) is 0 Å². The van der Waals surface area contributed by atoms with E-state index in [9.17, 15) is 4.79 Å². The Hall–Kier alpha value is -3.49. The zero-order valence-electron chi connectivity index (χ0n) is 16.5. The molecule has 0 aliphatic heterocycles. The van der Waals surface area contributed by atoms with E-state index in [-0.39, 0.29) is 5.91 Å². The molecule has 4 aromatic heterocycles. The number of thiophene rings is 1. The van der Waals surface area contributed by atoms with Gasteiger partial charge in [0.2, 0.25) is 0 Å². The number of carbonyl (C=O) groups excluding carboxylic acids is 1. The monoisotopic (exact) mass is 448 g/mol. The van der Waals surface area contributed by atoms with E-state index in [2.05, 4.69) is 20.5 Å². The second-order valence-corrected chi connectivity index (χ2v) is 8.40. The summed E-state index contributed by atoms with van der Waals surface area (Å²) in [5.74, 6) is 0.163. The molecule has 0 radical (unpaired) electrons. The summed E-state index contributed by atoms with van der Waals surface area (Å²) in [4.78, 5) is 18.4. The normalized spacial score (nSPS) is 11.2. The van der Waals surface area contributed by atoms with Crippen LogP contribution in [0.3, 0.4) is 0 Å². The van der Waals surface area contributed by atoms with Crippen molar-refractivity contribution in [3.8, 4) is 10.6 Å². The summed E-state index contributed by atoms with van der Waals surface area (Å²) < 4.78 is 3.51. The third kappa shape index (κ3) is 3.83. The van der Waals surface area contributed by atoms with Crippen LogP contribution in [0.2, 0.25) is 5.02 Å². The van der Waals surface area contributed by atoms with Crippen molar-refractivity contribution in [1.29, 1.82) is 0 Å². The van der Waals surface area contributed by atoms with Crippen molar-refractivity contribution in [2.45, 2.75) is 13.5 Å². The fourth-order valence-corrected chi connectivity index (χ4v) is 4.33. The Morgan fingerprint density at radius 3 is 2.90 bits per heavy atom. The first-order valence-electron chi connectivity index (χ1n) is 9.55. The number of aryl methyl sites for hydroxylation is 1. The first-order chi connectivity index (χ1) is 15.1. The Morgan fingerprint density at radius 1 is 1.19 bits per heavy atom. The van der Waals surface area contributed by atoms with Crippen LogP contribution in [0.5, 0.6) is 0 Å². The summed E-state index contributed by atoms with van der Waals surface area (Å²) in [5.41, 5.74) is 3.73. The van der Waals surface area contributed by atoms with E-state index in [1.807, 2.05) is 65.5 Å². The SMILES string of the molecule is Cc1cc(NC(=O)c2cnn3c(-c4cccs4)ccnc23)nn1Cc1cccc(Cl)c1. The Balaban J connectivity index is 1.40. The Morgan fingerprint density at radius 2 is 2.10 bits per heavy atom. The molecule has 0 spiro atoms. The lowest BCUT2D eigenvalue weighted by Gasteiger charge is -2.05. The molecule has 0 aliphatic carbocycles. The zero-order chi connectivity index (χ0) is 21.4. The van der Waals surface area contributed by atoms with E-state index >= 15 is 0 Å². The van der Waals surface area contributed by atoms with E-state index in [1.54, 1.807) is 22.0 Å². The number of benzene rings is 1. The number of hydrogen-bond acceptors (Lipinski definition) is 5. The van der Waals surface area contributed by atoms with Gasteiger partial charge in [0, 0.05) is 23.0 Å². The standard InChI is InChI=1S/C22H17ClN6OS/c1-14-10-20(27-28(14)13-15-4-2-5-16(23)11-15)26-22(30)17-12-25-29-18(7-8-24-21(17)29)19-6-3-9-31-19/h2-12H,13H2,1H3,(H,26,27,30). The van der Waals surface area contributed by atoms with Gasteiger partial charge in [-0.15, -0.1) is 11.3 Å². The minimum Gasteiger partial charge on any atom is -0.305 e. The van der Waals surface area contributed by atoms with E-state index < -0.39 is 0 Å². The molecule has 154 valence electrons. The number of amides is 1. The molecule has 0 saturated heterocycles. The van der Waals surface area contributed by atoms with Crippen LogP contribution >= 0.6 is 22.9 Å². The number of rotatable bonds is 5. The number of carbonyl (C=O) groups is 1. The highest BCUT2D eigenvalue weighted by Gasteiger charge is 2.18. The minimum atomic E-state index is -0.307. The molecule has 31 heavy (non-hydrogen) atoms. The molecule has 0 unspecified atom stereocenters. The molecule has 0 saturated carbocycles. The molecule has 4 heterocycles. The predicted molar refractivity (Wildman–Crippen MR) is 122 cm³/mol. The first-order valence-corrected chi connectivity index (χ1v) is 10.8. The number of fused-ring (bicyclic) bond motifs is 1. The second-order valence-electron chi connectivity index (χ2n) is 7.01. The fourth-order valence-electron chi connectivity index (χ4n) is 3.39. The maximum atomic E-state index is 12.9. The molecule has 5 rings (SSSR count). The quantitative estimate of drug-likeness (QED) is 0.414. The number of halogens is 1. The first kappa shape index (κ1) is 19.5. The van der Waals surface area contributed by atoms with E-state index in [0.717, 1.165) is 21.8 Å². The van der Waals surface area contributed by atoms with Gasteiger partial charge in [0.25, 0.3) is 5.91 Å². The Labute approximate surface area is 186 Å². The zero-order valence-corrected chi connectivity index (χ0v) is 18.1. The van der Waals surface area contributed by atoms with Crippen molar-refractivity contribution in [3.05, 3.63) is 88.1 Å². The summed E-state index contributed by atoms with van der Waals surface area (Å²) in [7, 11) is 0. The largest absolute Gasteiger partial charge is 0.305 e. The highest BCUT2D eigenvalue weighted by molar-refractivity contribution is 7.13. The van der Waals surface area contributed by atoms with Crippen LogP contribution in [-0.4, -0.2) is 30.3 Å². The minimum absolute atomic E-state index is 0.307. The number of nitrogens with one attached hydrogen (secondary N) is 1. The van der Waals surface area contributed by atoms with Crippen molar-refractivity contribution in [3.63, 3.8) is 0 Å². The molecule has 0 atom stereocenters. The summed E-state index contributed by atoms with van der Waals surface area (Å²) in [6.45, 7) is 2.50. The molecule has 1 amide bonds. The summed E-state index contributed by atoms with van der Waals surface area (Å²) in [6.07, 6.45) is 3.22. The molecule has 0 fully saturated rings. The maximum absolute atomic E-state index is 12.9. The summed E-state index contributed by atoms with van der Waals surface area (Å²) in [6, 6.07) is 15.3. The van der Waals surface area contributed by atoms with Crippen LogP contribution in [-0.2, 0) is 6.54 Å². The lowest BCUT2D eigenvalue weighted by Crippen LogP contribution is -2.13. The molecule has 0 aliphatic rings. The van der Waals surface area contributed by atoms with Gasteiger partial charge >= 0.3 is 0 Å². The van der Waals surface area contributed by atoms with Crippen molar-refractivity contribution in [1.82, 2.24) is 24.4 Å². The van der Waals surface area contributed by atoms with Crippen molar-refractivity contribution >= 4 is 40.3 Å². The van der Waals surface area contributed by atoms with Crippen LogP contribution in [0.4, 0.5) is 5.82 Å². The van der Waals surface area contributed by atoms with Gasteiger partial charge in [-0.05, 0) is 42.1 Å². The fraction of sp³-hybridized carbons (Fsp3) is 0.0909. The second kappa shape index (κ2) is 7.98. The van der Waals surface area contributed by atoms with Crippen LogP contribution in [0.1, 0.15) is 21.6 Å². The van der Waals surface area contributed by atoms with E-state index in [1.165, 1.54) is 6.20 Å².